The summed E-state index contributed by atoms with van der Waals surface area (Å²) in [6.07, 6.45) is 6.95. The number of sulfonamides is 1. The minimum Gasteiger partial charge on any atom is -0.306 e. The van der Waals surface area contributed by atoms with Gasteiger partial charge in [-0.1, -0.05) is 24.3 Å². The number of hydrogen-bond acceptors (Lipinski definition) is 4. The third kappa shape index (κ3) is 3.60. The molecule has 0 bridgehead atoms. The molecule has 1 aliphatic carbocycles. The fourth-order valence-electron chi connectivity index (χ4n) is 2.91. The highest BCUT2D eigenvalue weighted by Crippen LogP contribution is 2.40. The van der Waals surface area contributed by atoms with E-state index in [1.165, 1.54) is 12.0 Å². The van der Waals surface area contributed by atoms with Crippen molar-refractivity contribution in [2.45, 2.75) is 29.7 Å². The Morgan fingerprint density at radius 1 is 1.04 bits per heavy atom. The first-order valence-corrected chi connectivity index (χ1v) is 9.31. The van der Waals surface area contributed by atoms with Crippen LogP contribution < -0.4 is 10.0 Å². The SMILES string of the molecule is O=S(=O)(NCCNC1(c2cccnc2)CCC1)c1ccccc1. The number of nitrogens with one attached hydrogen (secondary N) is 2. The molecule has 1 heterocycles. The smallest absolute Gasteiger partial charge is 0.240 e. The van der Waals surface area contributed by atoms with Crippen molar-refractivity contribution in [3.8, 4) is 0 Å². The first-order valence-electron chi connectivity index (χ1n) is 7.83. The first-order chi connectivity index (χ1) is 11.1. The molecule has 1 aliphatic rings. The number of hydrogen-bond donors (Lipinski definition) is 2. The fourth-order valence-corrected chi connectivity index (χ4v) is 3.97. The summed E-state index contributed by atoms with van der Waals surface area (Å²) in [7, 11) is -3.43. The molecule has 0 aliphatic heterocycles. The Morgan fingerprint density at radius 2 is 1.83 bits per heavy atom. The molecule has 0 spiro atoms. The van der Waals surface area contributed by atoms with Crippen LogP contribution in [0.15, 0.2) is 59.8 Å². The third-order valence-electron chi connectivity index (χ3n) is 4.36. The van der Waals surface area contributed by atoms with E-state index >= 15 is 0 Å². The molecule has 1 aromatic carbocycles. The molecule has 5 nitrogen and oxygen atoms in total. The lowest BCUT2D eigenvalue weighted by atomic mass is 9.72. The van der Waals surface area contributed by atoms with Gasteiger partial charge < -0.3 is 5.32 Å². The van der Waals surface area contributed by atoms with Crippen molar-refractivity contribution in [3.05, 3.63) is 60.4 Å². The predicted octanol–water partition coefficient (Wildman–Crippen LogP) is 2.03. The summed E-state index contributed by atoms with van der Waals surface area (Å²) in [6.45, 7) is 0.945. The van der Waals surface area contributed by atoms with Gasteiger partial charge >= 0.3 is 0 Å². The van der Waals surface area contributed by atoms with Gasteiger partial charge in [0.25, 0.3) is 0 Å². The number of aromatic nitrogens is 1. The van der Waals surface area contributed by atoms with Crippen molar-refractivity contribution >= 4 is 10.0 Å². The maximum Gasteiger partial charge on any atom is 0.240 e. The van der Waals surface area contributed by atoms with Crippen LogP contribution in [0.2, 0.25) is 0 Å². The first kappa shape index (κ1) is 16.1. The molecule has 0 atom stereocenters. The van der Waals surface area contributed by atoms with Crippen LogP contribution in [0, 0.1) is 0 Å². The summed E-state index contributed by atoms with van der Waals surface area (Å²) in [6, 6.07) is 12.5. The lowest BCUT2D eigenvalue weighted by Crippen LogP contribution is -2.50. The van der Waals surface area contributed by atoms with Gasteiger partial charge in [0, 0.05) is 31.0 Å². The molecule has 2 N–H and O–H groups in total. The summed E-state index contributed by atoms with van der Waals surface area (Å²) in [4.78, 5) is 4.49. The maximum atomic E-state index is 12.2. The van der Waals surface area contributed by atoms with Crippen LogP contribution in [0.4, 0.5) is 0 Å². The number of rotatable bonds is 7. The Bertz CT molecular complexity index is 729. The zero-order chi connectivity index (χ0) is 16.2. The average Bonchev–Trinajstić information content (AvgIpc) is 2.55. The van der Waals surface area contributed by atoms with E-state index in [4.69, 9.17) is 0 Å². The van der Waals surface area contributed by atoms with Crippen molar-refractivity contribution in [1.82, 2.24) is 15.0 Å². The van der Waals surface area contributed by atoms with E-state index in [1.807, 2.05) is 12.3 Å². The van der Waals surface area contributed by atoms with Crippen molar-refractivity contribution < 1.29 is 8.42 Å². The van der Waals surface area contributed by atoms with Gasteiger partial charge in [-0.25, -0.2) is 13.1 Å². The second-order valence-electron chi connectivity index (χ2n) is 5.81. The summed E-state index contributed by atoms with van der Waals surface area (Å²) in [5.41, 5.74) is 1.13. The molecule has 0 saturated heterocycles. The summed E-state index contributed by atoms with van der Waals surface area (Å²) >= 11 is 0. The summed E-state index contributed by atoms with van der Waals surface area (Å²) in [5, 5.41) is 3.51. The number of nitrogens with zero attached hydrogens (tertiary/aromatic N) is 1. The van der Waals surface area contributed by atoms with Gasteiger partial charge in [-0.15, -0.1) is 0 Å². The summed E-state index contributed by atoms with van der Waals surface area (Å²) < 4.78 is 27.0. The van der Waals surface area contributed by atoms with Gasteiger partial charge in [-0.05, 0) is 43.0 Å². The quantitative estimate of drug-likeness (QED) is 0.762. The van der Waals surface area contributed by atoms with E-state index in [0.29, 0.717) is 18.0 Å². The van der Waals surface area contributed by atoms with Crippen LogP contribution >= 0.6 is 0 Å². The molecule has 2 aromatic rings. The summed E-state index contributed by atoms with van der Waals surface area (Å²) in [5.74, 6) is 0. The van der Waals surface area contributed by atoms with E-state index in [9.17, 15) is 8.42 Å². The van der Waals surface area contributed by atoms with E-state index in [-0.39, 0.29) is 5.54 Å². The normalized spacial score (nSPS) is 16.7. The minimum absolute atomic E-state index is 0.0492. The zero-order valence-electron chi connectivity index (χ0n) is 12.9. The standard InChI is InChI=1S/C17H21N3O2S/c21-23(22,16-7-2-1-3-8-16)20-13-12-19-17(9-5-10-17)15-6-4-11-18-14-15/h1-4,6-8,11,14,19-20H,5,9-10,12-13H2. The Balaban J connectivity index is 1.55. The molecular weight excluding hydrogens is 310 g/mol. The molecule has 1 fully saturated rings. The highest BCUT2D eigenvalue weighted by molar-refractivity contribution is 7.89. The average molecular weight is 331 g/mol. The largest absolute Gasteiger partial charge is 0.306 e. The molecule has 0 amide bonds. The Kier molecular flexibility index (Phi) is 4.75. The molecule has 1 saturated carbocycles. The maximum absolute atomic E-state index is 12.2. The fraction of sp³-hybridized carbons (Fsp3) is 0.353. The van der Waals surface area contributed by atoms with Gasteiger partial charge in [-0.3, -0.25) is 4.98 Å². The van der Waals surface area contributed by atoms with Crippen LogP contribution in [-0.2, 0) is 15.6 Å². The predicted molar refractivity (Wildman–Crippen MR) is 89.4 cm³/mol. The van der Waals surface area contributed by atoms with Crippen molar-refractivity contribution in [2.24, 2.45) is 0 Å². The van der Waals surface area contributed by atoms with Gasteiger partial charge in [0.15, 0.2) is 0 Å². The molecule has 122 valence electrons. The highest BCUT2D eigenvalue weighted by Gasteiger charge is 2.38. The van der Waals surface area contributed by atoms with E-state index in [2.05, 4.69) is 21.1 Å². The second-order valence-corrected chi connectivity index (χ2v) is 7.58. The molecule has 3 rings (SSSR count). The van der Waals surface area contributed by atoms with Crippen molar-refractivity contribution in [2.75, 3.05) is 13.1 Å². The molecule has 0 unspecified atom stereocenters. The molecule has 0 radical (unpaired) electrons. The highest BCUT2D eigenvalue weighted by atomic mass is 32.2. The van der Waals surface area contributed by atoms with E-state index in [1.54, 1.807) is 36.5 Å². The van der Waals surface area contributed by atoms with Gasteiger partial charge in [0.2, 0.25) is 10.0 Å². The van der Waals surface area contributed by atoms with Crippen molar-refractivity contribution in [1.29, 1.82) is 0 Å². The Hall–Kier alpha value is -1.76. The Labute approximate surface area is 137 Å². The lowest BCUT2D eigenvalue weighted by molar-refractivity contribution is 0.187. The molecule has 1 aromatic heterocycles. The second kappa shape index (κ2) is 6.78. The van der Waals surface area contributed by atoms with Gasteiger partial charge in [0.05, 0.1) is 4.90 Å². The monoisotopic (exact) mass is 331 g/mol. The minimum atomic E-state index is -3.43. The zero-order valence-corrected chi connectivity index (χ0v) is 13.7. The van der Waals surface area contributed by atoms with Gasteiger partial charge in [0.1, 0.15) is 0 Å². The number of pyridine rings is 1. The van der Waals surface area contributed by atoms with Crippen LogP contribution in [0.1, 0.15) is 24.8 Å². The van der Waals surface area contributed by atoms with Gasteiger partial charge in [-0.2, -0.15) is 0 Å². The van der Waals surface area contributed by atoms with Crippen LogP contribution in [-0.4, -0.2) is 26.5 Å². The van der Waals surface area contributed by atoms with Crippen LogP contribution in [0.25, 0.3) is 0 Å². The van der Waals surface area contributed by atoms with Crippen LogP contribution in [0.5, 0.6) is 0 Å². The lowest BCUT2D eigenvalue weighted by Gasteiger charge is -2.43. The van der Waals surface area contributed by atoms with E-state index in [0.717, 1.165) is 12.8 Å². The third-order valence-corrected chi connectivity index (χ3v) is 5.83. The van der Waals surface area contributed by atoms with Crippen molar-refractivity contribution in [3.63, 3.8) is 0 Å². The molecular formula is C17H21N3O2S. The topological polar surface area (TPSA) is 71.1 Å². The van der Waals surface area contributed by atoms with Crippen LogP contribution in [0.3, 0.4) is 0 Å². The molecule has 6 heteroatoms. The Morgan fingerprint density at radius 3 is 2.43 bits per heavy atom. The number of benzene rings is 1. The van der Waals surface area contributed by atoms with E-state index < -0.39 is 10.0 Å². The molecule has 23 heavy (non-hydrogen) atoms.